The molecule has 1 aliphatic rings. The zero-order valence-corrected chi connectivity index (χ0v) is 8.39. The van der Waals surface area contributed by atoms with Gasteiger partial charge < -0.3 is 15.2 Å². The van der Waals surface area contributed by atoms with Crippen LogP contribution in [-0.2, 0) is 4.74 Å². The molecule has 1 rings (SSSR count). The summed E-state index contributed by atoms with van der Waals surface area (Å²) in [5.41, 5.74) is 0.888. The summed E-state index contributed by atoms with van der Waals surface area (Å²) in [5.74, 6) is 0. The van der Waals surface area contributed by atoms with Gasteiger partial charge in [0.2, 0.25) is 0 Å². The number of ether oxygens (including phenoxy) is 1. The van der Waals surface area contributed by atoms with Crippen molar-refractivity contribution >= 4 is 11.6 Å². The van der Waals surface area contributed by atoms with Gasteiger partial charge in [-0.15, -0.1) is 0 Å². The third kappa shape index (κ3) is 4.09. The number of nitrogens with one attached hydrogen (secondary N) is 1. The van der Waals surface area contributed by atoms with Crippen molar-refractivity contribution < 1.29 is 9.84 Å². The van der Waals surface area contributed by atoms with Crippen LogP contribution in [-0.4, -0.2) is 37.0 Å². The van der Waals surface area contributed by atoms with Crippen LogP contribution in [0.2, 0.25) is 0 Å². The zero-order valence-electron chi connectivity index (χ0n) is 7.63. The van der Waals surface area contributed by atoms with Crippen LogP contribution in [0.4, 0.5) is 0 Å². The molecule has 0 radical (unpaired) electrons. The molecule has 0 unspecified atom stereocenters. The van der Waals surface area contributed by atoms with Crippen molar-refractivity contribution in [3.05, 3.63) is 11.6 Å². The summed E-state index contributed by atoms with van der Waals surface area (Å²) < 4.78 is 5.17. The van der Waals surface area contributed by atoms with Gasteiger partial charge in [-0.25, -0.2) is 0 Å². The lowest BCUT2D eigenvalue weighted by molar-refractivity contribution is -0.0610. The molecule has 0 aromatic heterocycles. The monoisotopic (exact) mass is 205 g/mol. The molecule has 76 valence electrons. The highest BCUT2D eigenvalue weighted by Crippen LogP contribution is 2.18. The van der Waals surface area contributed by atoms with Crippen molar-refractivity contribution in [2.75, 3.05) is 26.3 Å². The second kappa shape index (κ2) is 5.60. The maximum atomic E-state index is 9.97. The normalized spacial score (nSPS) is 22.3. The fourth-order valence-corrected chi connectivity index (χ4v) is 1.45. The van der Waals surface area contributed by atoms with Crippen LogP contribution >= 0.6 is 11.6 Å². The van der Waals surface area contributed by atoms with Gasteiger partial charge >= 0.3 is 0 Å². The summed E-state index contributed by atoms with van der Waals surface area (Å²) in [6, 6.07) is 0. The molecule has 0 aromatic carbocycles. The third-order valence-electron chi connectivity index (χ3n) is 2.23. The van der Waals surface area contributed by atoms with Crippen LogP contribution in [0.5, 0.6) is 0 Å². The van der Waals surface area contributed by atoms with E-state index in [9.17, 15) is 5.11 Å². The zero-order chi connectivity index (χ0) is 9.57. The van der Waals surface area contributed by atoms with E-state index in [1.165, 1.54) is 5.54 Å². The molecule has 13 heavy (non-hydrogen) atoms. The summed E-state index contributed by atoms with van der Waals surface area (Å²) in [6.07, 6.45) is 3.24. The van der Waals surface area contributed by atoms with E-state index in [-0.39, 0.29) is 0 Å². The first-order valence-corrected chi connectivity index (χ1v) is 4.96. The second-order valence-corrected chi connectivity index (χ2v) is 3.58. The van der Waals surface area contributed by atoms with E-state index in [1.54, 1.807) is 0 Å². The predicted octanol–water partition coefficient (Wildman–Crippen LogP) is 0.870. The molecule has 0 aliphatic carbocycles. The number of rotatable bonds is 4. The predicted molar refractivity (Wildman–Crippen MR) is 52.9 cm³/mol. The molecule has 1 fully saturated rings. The van der Waals surface area contributed by atoms with Crippen LogP contribution in [0.15, 0.2) is 11.6 Å². The quantitative estimate of drug-likeness (QED) is 0.670. The Kier molecular flexibility index (Phi) is 4.73. The van der Waals surface area contributed by atoms with Gasteiger partial charge in [-0.3, -0.25) is 0 Å². The minimum Gasteiger partial charge on any atom is -0.388 e. The first kappa shape index (κ1) is 11.0. The first-order chi connectivity index (χ1) is 6.27. The molecule has 4 heteroatoms. The van der Waals surface area contributed by atoms with Gasteiger partial charge in [0.05, 0.1) is 5.60 Å². The smallest absolute Gasteiger partial charge is 0.0815 e. The van der Waals surface area contributed by atoms with Crippen LogP contribution in [0.3, 0.4) is 0 Å². The Hall–Kier alpha value is -0.0900. The highest BCUT2D eigenvalue weighted by atomic mass is 35.5. The molecule has 1 saturated heterocycles. The molecular weight excluding hydrogens is 190 g/mol. The Labute approximate surface area is 83.7 Å². The average molecular weight is 206 g/mol. The van der Waals surface area contributed by atoms with E-state index in [4.69, 9.17) is 16.3 Å². The van der Waals surface area contributed by atoms with E-state index in [0.29, 0.717) is 39.1 Å². The largest absolute Gasteiger partial charge is 0.388 e. The minimum atomic E-state index is -0.585. The van der Waals surface area contributed by atoms with Crippen LogP contribution in [0, 0.1) is 0 Å². The van der Waals surface area contributed by atoms with Crippen molar-refractivity contribution in [1.29, 1.82) is 0 Å². The maximum absolute atomic E-state index is 9.97. The second-order valence-electron chi connectivity index (χ2n) is 3.33. The molecule has 0 atom stereocenters. The van der Waals surface area contributed by atoms with Crippen LogP contribution < -0.4 is 5.32 Å². The highest BCUT2D eigenvalue weighted by Gasteiger charge is 2.28. The van der Waals surface area contributed by atoms with Gasteiger partial charge in [-0.2, -0.15) is 0 Å². The summed E-state index contributed by atoms with van der Waals surface area (Å²) in [5, 5.41) is 13.1. The molecule has 0 aromatic rings. The van der Waals surface area contributed by atoms with Crippen LogP contribution in [0.25, 0.3) is 0 Å². The molecule has 2 N–H and O–H groups in total. The third-order valence-corrected chi connectivity index (χ3v) is 2.41. The van der Waals surface area contributed by atoms with Gasteiger partial charge in [0.25, 0.3) is 0 Å². The van der Waals surface area contributed by atoms with E-state index in [2.05, 4.69) is 5.32 Å². The van der Waals surface area contributed by atoms with Crippen molar-refractivity contribution in [3.8, 4) is 0 Å². The Balaban J connectivity index is 2.17. The summed E-state index contributed by atoms with van der Waals surface area (Å²) in [4.78, 5) is 0. The Morgan fingerprint density at radius 1 is 1.46 bits per heavy atom. The summed E-state index contributed by atoms with van der Waals surface area (Å²) >= 11 is 5.35. The lowest BCUT2D eigenvalue weighted by Gasteiger charge is -2.32. The van der Waals surface area contributed by atoms with Crippen molar-refractivity contribution in [3.63, 3.8) is 0 Å². The van der Waals surface area contributed by atoms with Crippen molar-refractivity contribution in [1.82, 2.24) is 5.32 Å². The minimum absolute atomic E-state index is 0.585. The molecule has 0 bridgehead atoms. The molecule has 0 spiro atoms. The van der Waals surface area contributed by atoms with Gasteiger partial charge in [0.1, 0.15) is 0 Å². The van der Waals surface area contributed by atoms with Crippen molar-refractivity contribution in [2.45, 2.75) is 18.4 Å². The van der Waals surface area contributed by atoms with E-state index >= 15 is 0 Å². The van der Waals surface area contributed by atoms with Crippen molar-refractivity contribution in [2.24, 2.45) is 0 Å². The van der Waals surface area contributed by atoms with E-state index < -0.39 is 5.60 Å². The first-order valence-electron chi connectivity index (χ1n) is 4.53. The molecule has 1 aliphatic heterocycles. The number of halogens is 1. The maximum Gasteiger partial charge on any atom is 0.0815 e. The number of hydrogen-bond donors (Lipinski definition) is 2. The standard InChI is InChI=1S/C9H16ClNO2/c10-4-1-5-11-8-9(12)2-6-13-7-3-9/h1,4,11-12H,2-3,5-8H2/b4-1+. The molecule has 1 heterocycles. The fraction of sp³-hybridized carbons (Fsp3) is 0.778. The molecular formula is C9H16ClNO2. The Bertz CT molecular complexity index is 167. The highest BCUT2D eigenvalue weighted by molar-refractivity contribution is 6.25. The summed E-state index contributed by atoms with van der Waals surface area (Å²) in [7, 11) is 0. The van der Waals surface area contributed by atoms with Gasteiger partial charge in [-0.05, 0) is 0 Å². The Morgan fingerprint density at radius 3 is 2.77 bits per heavy atom. The lowest BCUT2D eigenvalue weighted by Crippen LogP contribution is -2.45. The van der Waals surface area contributed by atoms with E-state index in [0.717, 1.165) is 0 Å². The average Bonchev–Trinajstić information content (AvgIpc) is 2.14. The summed E-state index contributed by atoms with van der Waals surface area (Å²) in [6.45, 7) is 2.62. The van der Waals surface area contributed by atoms with Gasteiger partial charge in [-0.1, -0.05) is 17.7 Å². The number of hydrogen-bond acceptors (Lipinski definition) is 3. The van der Waals surface area contributed by atoms with Crippen LogP contribution in [0.1, 0.15) is 12.8 Å². The molecule has 3 nitrogen and oxygen atoms in total. The topological polar surface area (TPSA) is 41.5 Å². The van der Waals surface area contributed by atoms with Gasteiger partial charge in [0, 0.05) is 44.7 Å². The molecule has 0 amide bonds. The van der Waals surface area contributed by atoms with Gasteiger partial charge in [0.15, 0.2) is 0 Å². The van der Waals surface area contributed by atoms with E-state index in [1.807, 2.05) is 6.08 Å². The fourth-order valence-electron chi connectivity index (χ4n) is 1.36. The lowest BCUT2D eigenvalue weighted by atomic mass is 9.94. The number of aliphatic hydroxyl groups is 1. The Morgan fingerprint density at radius 2 is 2.15 bits per heavy atom. The molecule has 0 saturated carbocycles. The SMILES string of the molecule is OC1(CNC/C=C/Cl)CCOCC1.